The summed E-state index contributed by atoms with van der Waals surface area (Å²) in [6.45, 7) is 0.584. The van der Waals surface area contributed by atoms with Crippen LogP contribution in [0.4, 0.5) is 0 Å². The first-order valence-electron chi connectivity index (χ1n) is 4.85. The predicted octanol–water partition coefficient (Wildman–Crippen LogP) is 3.26. The lowest BCUT2D eigenvalue weighted by molar-refractivity contribution is 0.226. The fraction of sp³-hybridized carbons (Fsp3) is 0.333. The third kappa shape index (κ3) is 1.99. The summed E-state index contributed by atoms with van der Waals surface area (Å²) < 4.78 is 4.77. The molecule has 0 radical (unpaired) electrons. The highest BCUT2D eigenvalue weighted by molar-refractivity contribution is 6.07. The summed E-state index contributed by atoms with van der Waals surface area (Å²) in [6.07, 6.45) is 17.1. The Morgan fingerprint density at radius 2 is 1.36 bits per heavy atom. The first-order valence-corrected chi connectivity index (χ1v) is 5.16. The van der Waals surface area contributed by atoms with Crippen LogP contribution in [0.15, 0.2) is 48.6 Å². The first kappa shape index (κ1) is 9.75. The smallest absolute Gasteiger partial charge is 0.0728 e. The van der Waals surface area contributed by atoms with E-state index in [2.05, 4.69) is 48.6 Å². The molecule has 0 unspecified atom stereocenters. The molecule has 2 aliphatic rings. The van der Waals surface area contributed by atoms with Gasteiger partial charge in [-0.05, 0) is 0 Å². The van der Waals surface area contributed by atoms with Gasteiger partial charge in [-0.2, -0.15) is 0 Å². The third-order valence-corrected chi connectivity index (χ3v) is 2.93. The van der Waals surface area contributed by atoms with Crippen molar-refractivity contribution in [2.24, 2.45) is 17.8 Å². The van der Waals surface area contributed by atoms with Crippen molar-refractivity contribution in [2.45, 2.75) is 0 Å². The molecule has 0 saturated carbocycles. The minimum absolute atomic E-state index is 0.414. The van der Waals surface area contributed by atoms with Crippen LogP contribution < -0.4 is 0 Å². The number of halogens is 1. The number of allylic oxidation sites excluding steroid dienone is 8. The lowest BCUT2D eigenvalue weighted by Gasteiger charge is -2.23. The van der Waals surface area contributed by atoms with Gasteiger partial charge in [-0.3, -0.25) is 4.29 Å². The van der Waals surface area contributed by atoms with Gasteiger partial charge < -0.3 is 0 Å². The lowest BCUT2D eigenvalue weighted by atomic mass is 9.83. The standard InChI is InChI=1S/C12H13ClO/c13-14-9-12(10-5-1-2-6-10)11-7-3-4-8-11/h1-8,10-12H,9H2. The number of hydrogen-bond acceptors (Lipinski definition) is 1. The molecule has 2 rings (SSSR count). The largest absolute Gasteiger partial charge is 0.279 e. The Kier molecular flexibility index (Phi) is 3.22. The van der Waals surface area contributed by atoms with E-state index in [1.807, 2.05) is 0 Å². The Bertz CT molecular complexity index is 249. The zero-order valence-electron chi connectivity index (χ0n) is 7.84. The van der Waals surface area contributed by atoms with E-state index in [-0.39, 0.29) is 0 Å². The van der Waals surface area contributed by atoms with E-state index in [9.17, 15) is 0 Å². The summed E-state index contributed by atoms with van der Waals surface area (Å²) in [6, 6.07) is 0. The summed E-state index contributed by atoms with van der Waals surface area (Å²) >= 11 is 5.36. The highest BCUT2D eigenvalue weighted by atomic mass is 35.5. The maximum absolute atomic E-state index is 5.36. The van der Waals surface area contributed by atoms with Crippen LogP contribution in [0.5, 0.6) is 0 Å². The molecule has 0 aromatic rings. The topological polar surface area (TPSA) is 9.23 Å². The monoisotopic (exact) mass is 208 g/mol. The van der Waals surface area contributed by atoms with Crippen LogP contribution in [0, 0.1) is 17.8 Å². The van der Waals surface area contributed by atoms with Crippen LogP contribution in [-0.2, 0) is 4.29 Å². The fourth-order valence-electron chi connectivity index (χ4n) is 2.02. The molecule has 0 aromatic heterocycles. The van der Waals surface area contributed by atoms with E-state index in [0.717, 1.165) is 0 Å². The molecule has 1 nitrogen and oxygen atoms in total. The summed E-state index contributed by atoms with van der Waals surface area (Å²) in [5, 5.41) is 0. The van der Waals surface area contributed by atoms with E-state index in [1.54, 1.807) is 0 Å². The van der Waals surface area contributed by atoms with Gasteiger partial charge in [0.1, 0.15) is 0 Å². The van der Waals surface area contributed by atoms with E-state index < -0.39 is 0 Å². The normalized spacial score (nSPS) is 20.7. The van der Waals surface area contributed by atoms with Gasteiger partial charge in [-0.15, -0.1) is 0 Å². The zero-order chi connectivity index (χ0) is 9.80. The maximum atomic E-state index is 5.36. The Morgan fingerprint density at radius 1 is 0.929 bits per heavy atom. The van der Waals surface area contributed by atoms with Crippen molar-refractivity contribution in [1.82, 2.24) is 0 Å². The molecule has 2 heteroatoms. The van der Waals surface area contributed by atoms with Gasteiger partial charge in [-0.25, -0.2) is 0 Å². The van der Waals surface area contributed by atoms with Crippen molar-refractivity contribution in [1.29, 1.82) is 0 Å². The van der Waals surface area contributed by atoms with Gasteiger partial charge in [0.2, 0.25) is 0 Å². The van der Waals surface area contributed by atoms with Gasteiger partial charge >= 0.3 is 0 Å². The molecule has 74 valence electrons. The summed E-state index contributed by atoms with van der Waals surface area (Å²) in [5.74, 6) is 1.31. The first-order chi connectivity index (χ1) is 6.92. The van der Waals surface area contributed by atoms with Gasteiger partial charge in [0.05, 0.1) is 18.5 Å². The Balaban J connectivity index is 2.06. The molecule has 14 heavy (non-hydrogen) atoms. The summed E-state index contributed by atoms with van der Waals surface area (Å²) in [5.41, 5.74) is 0. The van der Waals surface area contributed by atoms with E-state index >= 15 is 0 Å². The average molecular weight is 209 g/mol. The molecule has 2 aliphatic carbocycles. The minimum atomic E-state index is 0.414. The van der Waals surface area contributed by atoms with Crippen LogP contribution in [-0.4, -0.2) is 6.61 Å². The molecule has 0 bridgehead atoms. The van der Waals surface area contributed by atoms with Gasteiger partial charge in [0.25, 0.3) is 0 Å². The van der Waals surface area contributed by atoms with Crippen LogP contribution in [0.25, 0.3) is 0 Å². The van der Waals surface area contributed by atoms with E-state index in [0.29, 0.717) is 24.4 Å². The summed E-state index contributed by atoms with van der Waals surface area (Å²) in [7, 11) is 0. The second kappa shape index (κ2) is 4.63. The SMILES string of the molecule is ClOCC(C1C=CC=C1)C1C=CC=C1. The van der Waals surface area contributed by atoms with Gasteiger partial charge in [-0.1, -0.05) is 48.6 Å². The molecule has 0 atom stereocenters. The third-order valence-electron chi connectivity index (χ3n) is 2.80. The second-order valence-corrected chi connectivity index (χ2v) is 3.85. The minimum Gasteiger partial charge on any atom is -0.279 e. The summed E-state index contributed by atoms with van der Waals surface area (Å²) in [4.78, 5) is 0. The van der Waals surface area contributed by atoms with Crippen LogP contribution in [0.2, 0.25) is 0 Å². The highest BCUT2D eigenvalue weighted by Crippen LogP contribution is 2.31. The van der Waals surface area contributed by atoms with Crippen molar-refractivity contribution in [3.05, 3.63) is 48.6 Å². The van der Waals surface area contributed by atoms with Crippen molar-refractivity contribution in [3.8, 4) is 0 Å². The molecule has 0 heterocycles. The molecule has 0 aromatic carbocycles. The number of rotatable bonds is 4. The predicted molar refractivity (Wildman–Crippen MR) is 58.8 cm³/mol. The van der Waals surface area contributed by atoms with Gasteiger partial charge in [0.15, 0.2) is 0 Å². The van der Waals surface area contributed by atoms with Crippen molar-refractivity contribution < 1.29 is 4.29 Å². The molecule has 0 N–H and O–H groups in total. The van der Waals surface area contributed by atoms with Crippen molar-refractivity contribution in [3.63, 3.8) is 0 Å². The Labute approximate surface area is 89.6 Å². The average Bonchev–Trinajstić information content (AvgIpc) is 2.87. The number of hydrogen-bond donors (Lipinski definition) is 0. The van der Waals surface area contributed by atoms with E-state index in [4.69, 9.17) is 16.2 Å². The van der Waals surface area contributed by atoms with Crippen molar-refractivity contribution >= 4 is 11.9 Å². The molecule has 0 spiro atoms. The molecular weight excluding hydrogens is 196 g/mol. The zero-order valence-corrected chi connectivity index (χ0v) is 8.60. The second-order valence-electron chi connectivity index (χ2n) is 3.63. The molecule has 0 saturated heterocycles. The van der Waals surface area contributed by atoms with Crippen LogP contribution in [0.1, 0.15) is 0 Å². The molecule has 0 amide bonds. The lowest BCUT2D eigenvalue weighted by Crippen LogP contribution is -2.21. The van der Waals surface area contributed by atoms with E-state index in [1.165, 1.54) is 0 Å². The quantitative estimate of drug-likeness (QED) is 0.689. The highest BCUT2D eigenvalue weighted by Gasteiger charge is 2.25. The Morgan fingerprint density at radius 3 is 1.71 bits per heavy atom. The van der Waals surface area contributed by atoms with Crippen LogP contribution >= 0.6 is 11.9 Å². The van der Waals surface area contributed by atoms with Crippen molar-refractivity contribution in [2.75, 3.05) is 6.61 Å². The Hall–Kier alpha value is -0.790. The molecular formula is C12H13ClO. The molecule has 0 aliphatic heterocycles. The molecule has 0 fully saturated rings. The maximum Gasteiger partial charge on any atom is 0.0728 e. The van der Waals surface area contributed by atoms with Gasteiger partial charge in [0, 0.05) is 17.8 Å². The van der Waals surface area contributed by atoms with Crippen LogP contribution in [0.3, 0.4) is 0 Å². The fourth-order valence-corrected chi connectivity index (χ4v) is 2.17.